The van der Waals surface area contributed by atoms with Crippen molar-refractivity contribution in [2.45, 2.75) is 6.61 Å². The number of hydrogen-bond donors (Lipinski definition) is 3. The summed E-state index contributed by atoms with van der Waals surface area (Å²) in [6, 6.07) is 12.6. The normalized spacial score (nSPS) is 10.1. The fraction of sp³-hybridized carbons (Fsp3) is 0.188. The van der Waals surface area contributed by atoms with Crippen LogP contribution in [0.1, 0.15) is 5.56 Å². The molecular weight excluding hydrogens is 287 g/mol. The molecule has 3 N–H and O–H groups in total. The van der Waals surface area contributed by atoms with E-state index in [4.69, 9.17) is 9.84 Å². The van der Waals surface area contributed by atoms with Crippen molar-refractivity contribution in [2.75, 3.05) is 18.5 Å². The van der Waals surface area contributed by atoms with Gasteiger partial charge in [-0.2, -0.15) is 0 Å². The third-order valence-electron chi connectivity index (χ3n) is 2.81. The van der Waals surface area contributed by atoms with Crippen LogP contribution < -0.4 is 15.4 Å². The number of aliphatic hydroxyl groups excluding tert-OH is 1. The first kappa shape index (κ1) is 15.8. The molecule has 2 aromatic carbocycles. The molecule has 0 spiro atoms. The van der Waals surface area contributed by atoms with Gasteiger partial charge in [0.05, 0.1) is 6.61 Å². The Morgan fingerprint density at radius 3 is 2.68 bits per heavy atom. The molecule has 2 amide bonds. The first-order chi connectivity index (χ1) is 10.7. The monoisotopic (exact) mass is 304 g/mol. The number of carbonyl (C=O) groups excluding carboxylic acids is 1. The van der Waals surface area contributed by atoms with Crippen molar-refractivity contribution in [3.8, 4) is 5.75 Å². The van der Waals surface area contributed by atoms with Gasteiger partial charge in [0.25, 0.3) is 0 Å². The minimum atomic E-state index is -0.398. The van der Waals surface area contributed by atoms with Gasteiger partial charge in [-0.25, -0.2) is 9.18 Å². The number of halogens is 1. The van der Waals surface area contributed by atoms with Gasteiger partial charge in [0.2, 0.25) is 0 Å². The molecule has 0 saturated carbocycles. The third kappa shape index (κ3) is 5.06. The standard InChI is InChI=1S/C16H17FN2O3/c17-13-6-4-12(5-7-13)11-22-15-3-1-2-14(10-15)19-16(21)18-8-9-20/h1-7,10,20H,8-9,11H2,(H2,18,19,21). The maximum Gasteiger partial charge on any atom is 0.319 e. The van der Waals surface area contributed by atoms with Crippen molar-refractivity contribution < 1.29 is 19.0 Å². The lowest BCUT2D eigenvalue weighted by Gasteiger charge is -2.10. The van der Waals surface area contributed by atoms with E-state index in [2.05, 4.69) is 10.6 Å². The Labute approximate surface area is 127 Å². The predicted octanol–water partition coefficient (Wildman–Crippen LogP) is 2.52. The van der Waals surface area contributed by atoms with Gasteiger partial charge >= 0.3 is 6.03 Å². The van der Waals surface area contributed by atoms with Crippen LogP contribution in [0.15, 0.2) is 48.5 Å². The molecule has 5 nitrogen and oxygen atoms in total. The van der Waals surface area contributed by atoms with Gasteiger partial charge in [-0.3, -0.25) is 0 Å². The highest BCUT2D eigenvalue weighted by atomic mass is 19.1. The fourth-order valence-electron chi connectivity index (χ4n) is 1.76. The number of anilines is 1. The van der Waals surface area contributed by atoms with Gasteiger partial charge in [-0.15, -0.1) is 0 Å². The molecule has 2 aromatic rings. The number of rotatable bonds is 6. The van der Waals surface area contributed by atoms with Gasteiger partial charge in [0.1, 0.15) is 18.2 Å². The van der Waals surface area contributed by atoms with Crippen LogP contribution in [0.2, 0.25) is 0 Å². The lowest BCUT2D eigenvalue weighted by Crippen LogP contribution is -2.30. The molecule has 0 saturated heterocycles. The molecule has 116 valence electrons. The van der Waals surface area contributed by atoms with Gasteiger partial charge in [0.15, 0.2) is 0 Å². The summed E-state index contributed by atoms with van der Waals surface area (Å²) in [7, 11) is 0. The van der Waals surface area contributed by atoms with Crippen LogP contribution in [0, 0.1) is 5.82 Å². The Morgan fingerprint density at radius 1 is 1.18 bits per heavy atom. The number of hydrogen-bond acceptors (Lipinski definition) is 3. The largest absolute Gasteiger partial charge is 0.489 e. The van der Waals surface area contributed by atoms with E-state index < -0.39 is 6.03 Å². The number of urea groups is 1. The second-order valence-corrected chi connectivity index (χ2v) is 4.55. The van der Waals surface area contributed by atoms with E-state index in [1.807, 2.05) is 0 Å². The van der Waals surface area contributed by atoms with E-state index in [1.165, 1.54) is 12.1 Å². The van der Waals surface area contributed by atoms with Gasteiger partial charge < -0.3 is 20.5 Å². The molecule has 2 rings (SSSR count). The maximum absolute atomic E-state index is 12.8. The van der Waals surface area contributed by atoms with Crippen LogP contribution in [-0.4, -0.2) is 24.3 Å². The molecule has 0 heterocycles. The first-order valence-corrected chi connectivity index (χ1v) is 6.80. The van der Waals surface area contributed by atoms with Crippen molar-refractivity contribution in [3.63, 3.8) is 0 Å². The van der Waals surface area contributed by atoms with Gasteiger partial charge in [0, 0.05) is 18.3 Å². The Bertz CT molecular complexity index is 617. The fourth-order valence-corrected chi connectivity index (χ4v) is 1.76. The third-order valence-corrected chi connectivity index (χ3v) is 2.81. The van der Waals surface area contributed by atoms with Gasteiger partial charge in [-0.05, 0) is 29.8 Å². The van der Waals surface area contributed by atoms with E-state index in [9.17, 15) is 9.18 Å². The lowest BCUT2D eigenvalue weighted by atomic mass is 10.2. The number of benzene rings is 2. The molecule has 0 bridgehead atoms. The van der Waals surface area contributed by atoms with Crippen molar-refractivity contribution in [2.24, 2.45) is 0 Å². The number of aliphatic hydroxyl groups is 1. The minimum Gasteiger partial charge on any atom is -0.489 e. The van der Waals surface area contributed by atoms with Crippen LogP contribution >= 0.6 is 0 Å². The van der Waals surface area contributed by atoms with E-state index in [-0.39, 0.29) is 19.0 Å². The van der Waals surface area contributed by atoms with Crippen LogP contribution in [-0.2, 0) is 6.61 Å². The molecule has 0 aliphatic heterocycles. The summed E-state index contributed by atoms with van der Waals surface area (Å²) in [5, 5.41) is 13.8. The Hall–Kier alpha value is -2.60. The smallest absolute Gasteiger partial charge is 0.319 e. The van der Waals surface area contributed by atoms with E-state index in [0.29, 0.717) is 18.0 Å². The second kappa shape index (κ2) is 7.99. The molecule has 0 aliphatic carbocycles. The summed E-state index contributed by atoms with van der Waals surface area (Å²) in [5.74, 6) is 0.299. The molecular formula is C16H17FN2O3. The van der Waals surface area contributed by atoms with Crippen molar-refractivity contribution in [3.05, 3.63) is 59.9 Å². The molecule has 6 heteroatoms. The highest BCUT2D eigenvalue weighted by Crippen LogP contribution is 2.18. The molecule has 0 aliphatic rings. The SMILES string of the molecule is O=C(NCCO)Nc1cccc(OCc2ccc(F)cc2)c1. The molecule has 22 heavy (non-hydrogen) atoms. The highest BCUT2D eigenvalue weighted by molar-refractivity contribution is 5.89. The summed E-state index contributed by atoms with van der Waals surface area (Å²) in [4.78, 5) is 11.5. The van der Waals surface area contributed by atoms with E-state index >= 15 is 0 Å². The molecule has 0 aromatic heterocycles. The number of amides is 2. The summed E-state index contributed by atoms with van der Waals surface area (Å²) in [6.07, 6.45) is 0. The van der Waals surface area contributed by atoms with Crippen LogP contribution in [0.5, 0.6) is 5.75 Å². The Kier molecular flexibility index (Phi) is 5.73. The van der Waals surface area contributed by atoms with Crippen molar-refractivity contribution >= 4 is 11.7 Å². The summed E-state index contributed by atoms with van der Waals surface area (Å²) >= 11 is 0. The highest BCUT2D eigenvalue weighted by Gasteiger charge is 2.02. The van der Waals surface area contributed by atoms with Gasteiger partial charge in [-0.1, -0.05) is 18.2 Å². The maximum atomic E-state index is 12.8. The zero-order chi connectivity index (χ0) is 15.8. The Morgan fingerprint density at radius 2 is 1.95 bits per heavy atom. The number of ether oxygens (including phenoxy) is 1. The van der Waals surface area contributed by atoms with Crippen molar-refractivity contribution in [1.29, 1.82) is 0 Å². The first-order valence-electron chi connectivity index (χ1n) is 6.80. The minimum absolute atomic E-state index is 0.117. The average Bonchev–Trinajstić information content (AvgIpc) is 2.53. The number of nitrogens with one attached hydrogen (secondary N) is 2. The summed E-state index contributed by atoms with van der Waals surface area (Å²) in [6.45, 7) is 0.376. The molecule has 0 radical (unpaired) electrons. The van der Waals surface area contributed by atoms with E-state index in [1.54, 1.807) is 36.4 Å². The quantitative estimate of drug-likeness (QED) is 0.768. The summed E-state index contributed by atoms with van der Waals surface area (Å²) < 4.78 is 18.4. The Balaban J connectivity index is 1.90. The number of carbonyl (C=O) groups is 1. The van der Waals surface area contributed by atoms with Crippen LogP contribution in [0.3, 0.4) is 0 Å². The zero-order valence-corrected chi connectivity index (χ0v) is 11.9. The van der Waals surface area contributed by atoms with E-state index in [0.717, 1.165) is 5.56 Å². The zero-order valence-electron chi connectivity index (χ0n) is 11.9. The predicted molar refractivity (Wildman–Crippen MR) is 81.3 cm³/mol. The molecule has 0 unspecified atom stereocenters. The van der Waals surface area contributed by atoms with Crippen LogP contribution in [0.25, 0.3) is 0 Å². The lowest BCUT2D eigenvalue weighted by molar-refractivity contribution is 0.245. The topological polar surface area (TPSA) is 70.6 Å². The average molecular weight is 304 g/mol. The molecule has 0 atom stereocenters. The van der Waals surface area contributed by atoms with Crippen LogP contribution in [0.4, 0.5) is 14.9 Å². The second-order valence-electron chi connectivity index (χ2n) is 4.55. The summed E-state index contributed by atoms with van der Waals surface area (Å²) in [5.41, 5.74) is 1.42. The molecule has 0 fully saturated rings. The van der Waals surface area contributed by atoms with Crippen molar-refractivity contribution in [1.82, 2.24) is 5.32 Å².